The van der Waals surface area contributed by atoms with Gasteiger partial charge >= 0.3 is 177 Å². The Labute approximate surface area is 200 Å². The van der Waals surface area contributed by atoms with Crippen LogP contribution in [0.25, 0.3) is 12.2 Å². The molecule has 5 rings (SSSR count). The van der Waals surface area contributed by atoms with Crippen molar-refractivity contribution in [3.63, 3.8) is 0 Å². The summed E-state index contributed by atoms with van der Waals surface area (Å²) in [7, 11) is 0. The molecule has 0 bridgehead atoms. The first-order valence-corrected chi connectivity index (χ1v) is 17.3. The molecule has 0 nitrogen and oxygen atoms in total. The summed E-state index contributed by atoms with van der Waals surface area (Å²) in [5, 5.41) is -1.66. The molecule has 0 saturated heterocycles. The summed E-state index contributed by atoms with van der Waals surface area (Å²) in [6, 6.07) is 30.5. The molecular weight excluding hydrogens is 578 g/mol. The molecule has 0 heterocycles. The molecule has 0 N–H and O–H groups in total. The third-order valence-electron chi connectivity index (χ3n) is 6.05. The summed E-state index contributed by atoms with van der Waals surface area (Å²) in [6.45, 7) is 0. The molecule has 0 aromatic heterocycles. The molecule has 3 aromatic carbocycles. The van der Waals surface area contributed by atoms with Crippen LogP contribution in [0.3, 0.4) is 0 Å². The average Bonchev–Trinajstić information content (AvgIpc) is 3.34. The quantitative estimate of drug-likeness (QED) is 0.371. The monoisotopic (exact) mass is 599 g/mol. The molecule has 0 spiro atoms. The van der Waals surface area contributed by atoms with Crippen LogP contribution in [0.15, 0.2) is 91.0 Å². The van der Waals surface area contributed by atoms with E-state index >= 15 is 0 Å². The van der Waals surface area contributed by atoms with Gasteiger partial charge in [-0.3, -0.25) is 0 Å². The number of fused-ring (bicyclic) bond motifs is 2. The number of hydrogen-bond donors (Lipinski definition) is 0. The van der Waals surface area contributed by atoms with Crippen LogP contribution in [-0.2, 0) is 29.6 Å². The van der Waals surface area contributed by atoms with Crippen molar-refractivity contribution in [2.24, 2.45) is 0 Å². The van der Waals surface area contributed by atoms with E-state index in [9.17, 15) is 0 Å². The van der Waals surface area contributed by atoms with Crippen molar-refractivity contribution in [3.8, 4) is 0 Å². The fourth-order valence-corrected chi connectivity index (χ4v) is 16.6. The topological polar surface area (TPSA) is 0 Å². The van der Waals surface area contributed by atoms with Gasteiger partial charge in [-0.25, -0.2) is 0 Å². The Hall–Kier alpha value is -1.19. The van der Waals surface area contributed by atoms with E-state index in [1.54, 1.807) is 11.1 Å². The first-order chi connectivity index (χ1) is 13.3. The van der Waals surface area contributed by atoms with Crippen LogP contribution < -0.4 is 24.8 Å². The normalized spacial score (nSPS) is 20.2. The van der Waals surface area contributed by atoms with Crippen LogP contribution in [0.5, 0.6) is 0 Å². The van der Waals surface area contributed by atoms with Crippen LogP contribution >= 0.6 is 0 Å². The van der Waals surface area contributed by atoms with Gasteiger partial charge in [-0.2, -0.15) is 0 Å². The van der Waals surface area contributed by atoms with Crippen LogP contribution in [0.2, 0.25) is 0 Å². The Morgan fingerprint density at radius 1 is 0.621 bits per heavy atom. The van der Waals surface area contributed by atoms with Crippen LogP contribution in [-0.4, -0.2) is 5.26 Å². The van der Waals surface area contributed by atoms with Crippen molar-refractivity contribution >= 4 is 17.4 Å². The van der Waals surface area contributed by atoms with E-state index in [4.69, 9.17) is 0 Å². The van der Waals surface area contributed by atoms with Gasteiger partial charge in [0.25, 0.3) is 0 Å². The minimum atomic E-state index is -1.66. The molecule has 2 unspecified atom stereocenters. The Balaban J connectivity index is 0.00000120. The molecule has 0 fully saturated rings. The van der Waals surface area contributed by atoms with Crippen molar-refractivity contribution in [2.45, 2.75) is 17.1 Å². The molecule has 0 saturated carbocycles. The minimum absolute atomic E-state index is 0. The fraction of sp³-hybridized carbons (Fsp3) is 0.120. The number of hydrogen-bond acceptors (Lipinski definition) is 0. The van der Waals surface area contributed by atoms with Crippen molar-refractivity contribution in [1.82, 2.24) is 0 Å². The third kappa shape index (κ3) is 4.05. The fourth-order valence-electron chi connectivity index (χ4n) is 4.74. The van der Waals surface area contributed by atoms with E-state index in [1.165, 1.54) is 46.3 Å². The number of benzene rings is 3. The molecule has 2 aliphatic carbocycles. The Morgan fingerprint density at radius 2 is 1.07 bits per heavy atom. The van der Waals surface area contributed by atoms with Gasteiger partial charge in [0.15, 0.2) is 0 Å². The molecule has 0 amide bonds. The second-order valence-electron chi connectivity index (χ2n) is 7.63. The summed E-state index contributed by atoms with van der Waals surface area (Å²) in [5.74, 6) is 0. The first-order valence-electron chi connectivity index (χ1n) is 9.59. The SMILES string of the molecule is [Cl-].[Cl-].[Hf+2][Si](Cc1ccccc1)(C1C=Cc2ccccc21)C1C=Cc2ccccc21. The van der Waals surface area contributed by atoms with Crippen LogP contribution in [0.4, 0.5) is 0 Å². The maximum atomic E-state index is 2.53. The second-order valence-corrected chi connectivity index (χ2v) is 21.3. The van der Waals surface area contributed by atoms with Crippen molar-refractivity contribution in [3.05, 3.63) is 119 Å². The Morgan fingerprint density at radius 3 is 1.59 bits per heavy atom. The van der Waals surface area contributed by atoms with Gasteiger partial charge in [0.05, 0.1) is 0 Å². The molecule has 2 aliphatic rings. The summed E-state index contributed by atoms with van der Waals surface area (Å²) < 4.78 is 0. The van der Waals surface area contributed by atoms with Gasteiger partial charge in [0, 0.05) is 0 Å². The zero-order valence-corrected chi connectivity index (χ0v) is 22.0. The molecule has 143 valence electrons. The Bertz CT molecular complexity index is 984. The molecule has 0 aliphatic heterocycles. The van der Waals surface area contributed by atoms with Crippen molar-refractivity contribution in [1.29, 1.82) is 0 Å². The van der Waals surface area contributed by atoms with Gasteiger partial charge in [0.1, 0.15) is 0 Å². The average molecular weight is 599 g/mol. The van der Waals surface area contributed by atoms with Crippen molar-refractivity contribution in [2.75, 3.05) is 0 Å². The number of halogens is 2. The van der Waals surface area contributed by atoms with E-state index in [1.807, 2.05) is 0 Å². The Kier molecular flexibility index (Phi) is 7.22. The van der Waals surface area contributed by atoms with E-state index < -0.39 is 5.26 Å². The van der Waals surface area contributed by atoms with Crippen LogP contribution in [0.1, 0.15) is 38.9 Å². The van der Waals surface area contributed by atoms with Crippen molar-refractivity contribution < 1.29 is 48.4 Å². The third-order valence-corrected chi connectivity index (χ3v) is 18.9. The number of rotatable bonds is 4. The number of allylic oxidation sites excluding steroid dienone is 2. The summed E-state index contributed by atoms with van der Waals surface area (Å²) in [4.78, 5) is 0. The van der Waals surface area contributed by atoms with E-state index in [0.29, 0.717) is 11.1 Å². The van der Waals surface area contributed by atoms with E-state index in [-0.39, 0.29) is 24.8 Å². The zero-order chi connectivity index (χ0) is 18.3. The van der Waals surface area contributed by atoms with Gasteiger partial charge in [0.2, 0.25) is 0 Å². The summed E-state index contributed by atoms with van der Waals surface area (Å²) >= 11 is 1.26. The predicted molar refractivity (Wildman–Crippen MR) is 112 cm³/mol. The van der Waals surface area contributed by atoms with Gasteiger partial charge in [-0.1, -0.05) is 0 Å². The van der Waals surface area contributed by atoms with E-state index in [2.05, 4.69) is 103 Å². The van der Waals surface area contributed by atoms with Crippen LogP contribution in [0, 0.1) is 0 Å². The first kappa shape index (κ1) is 22.5. The molecule has 3 aromatic rings. The second kappa shape index (κ2) is 9.30. The van der Waals surface area contributed by atoms with E-state index in [0.717, 1.165) is 0 Å². The molecule has 29 heavy (non-hydrogen) atoms. The molecule has 4 heteroatoms. The zero-order valence-electron chi connectivity index (χ0n) is 15.9. The van der Waals surface area contributed by atoms with Gasteiger partial charge in [-0.05, 0) is 0 Å². The maximum absolute atomic E-state index is 2.53. The summed E-state index contributed by atoms with van der Waals surface area (Å²) in [6.07, 6.45) is 9.80. The summed E-state index contributed by atoms with van der Waals surface area (Å²) in [5.41, 5.74) is 8.72. The predicted octanol–water partition coefficient (Wildman–Crippen LogP) is -0.0318. The van der Waals surface area contributed by atoms with Gasteiger partial charge in [-0.15, -0.1) is 0 Å². The molecular formula is C25H21Cl2HfSi. The molecule has 2 atom stereocenters. The van der Waals surface area contributed by atoms with Gasteiger partial charge < -0.3 is 24.8 Å². The molecule has 0 radical (unpaired) electrons. The standard InChI is InChI=1S/C25H21Si.2ClH.Hf/c1-2-8-19(9-3-1)18-26(24-16-14-20-10-4-6-12-22(20)24)25-17-15-21-11-5-7-13-23(21)25;;;/h1-17,24-25H,18H2;2*1H;/q;;;+2/p-2.